The van der Waals surface area contributed by atoms with Gasteiger partial charge in [-0.1, -0.05) is 6.07 Å². The Morgan fingerprint density at radius 1 is 1.44 bits per heavy atom. The molecule has 6 heteroatoms. The molecule has 0 radical (unpaired) electrons. The maximum absolute atomic E-state index is 10.9. The van der Waals surface area contributed by atoms with Crippen molar-refractivity contribution in [3.05, 3.63) is 33.9 Å². The van der Waals surface area contributed by atoms with Crippen LogP contribution in [0.25, 0.3) is 0 Å². The van der Waals surface area contributed by atoms with Crippen molar-refractivity contribution < 1.29 is 14.4 Å². The molecular weight excluding hydrogens is 236 g/mol. The Balaban J connectivity index is 2.70. The second-order valence-corrected chi connectivity index (χ2v) is 3.66. The molecule has 18 heavy (non-hydrogen) atoms. The first-order chi connectivity index (χ1) is 8.69. The minimum Gasteiger partial charge on any atom is -0.487 e. The average molecular weight is 254 g/mol. The van der Waals surface area contributed by atoms with Gasteiger partial charge in [0.15, 0.2) is 5.75 Å². The molecule has 0 aliphatic heterocycles. The summed E-state index contributed by atoms with van der Waals surface area (Å²) < 4.78 is 10.1. The van der Waals surface area contributed by atoms with Crippen LogP contribution < -0.4 is 10.1 Å². The molecule has 0 heterocycles. The van der Waals surface area contributed by atoms with E-state index in [-0.39, 0.29) is 5.69 Å². The third-order valence-corrected chi connectivity index (χ3v) is 2.33. The van der Waals surface area contributed by atoms with E-state index in [0.717, 1.165) is 5.56 Å². The molecule has 0 atom stereocenters. The highest BCUT2D eigenvalue weighted by molar-refractivity contribution is 5.48. The molecule has 6 nitrogen and oxygen atoms in total. The molecule has 0 bridgehead atoms. The Morgan fingerprint density at radius 3 is 2.83 bits per heavy atom. The molecule has 1 aromatic rings. The Hall–Kier alpha value is -1.66. The monoisotopic (exact) mass is 254 g/mol. The van der Waals surface area contributed by atoms with Crippen molar-refractivity contribution >= 4 is 5.69 Å². The topological polar surface area (TPSA) is 73.6 Å². The summed E-state index contributed by atoms with van der Waals surface area (Å²) in [6.45, 7) is 4.09. The van der Waals surface area contributed by atoms with Crippen molar-refractivity contribution in [1.82, 2.24) is 5.32 Å². The van der Waals surface area contributed by atoms with E-state index in [1.54, 1.807) is 20.1 Å². The molecule has 0 aliphatic rings. The van der Waals surface area contributed by atoms with Crippen LogP contribution in [-0.2, 0) is 11.3 Å². The van der Waals surface area contributed by atoms with Crippen molar-refractivity contribution in [2.75, 3.05) is 26.9 Å². The van der Waals surface area contributed by atoms with Crippen LogP contribution in [0.4, 0.5) is 5.69 Å². The van der Waals surface area contributed by atoms with Crippen LogP contribution in [0.15, 0.2) is 18.2 Å². The predicted molar refractivity (Wildman–Crippen MR) is 67.8 cm³/mol. The van der Waals surface area contributed by atoms with Gasteiger partial charge in [0.2, 0.25) is 0 Å². The minimum atomic E-state index is -0.427. The van der Waals surface area contributed by atoms with E-state index < -0.39 is 4.92 Å². The molecule has 0 spiro atoms. The molecule has 1 aromatic carbocycles. The van der Waals surface area contributed by atoms with Gasteiger partial charge in [0.25, 0.3) is 0 Å². The van der Waals surface area contributed by atoms with Gasteiger partial charge in [-0.15, -0.1) is 0 Å². The van der Waals surface area contributed by atoms with Gasteiger partial charge in [-0.3, -0.25) is 10.1 Å². The zero-order chi connectivity index (χ0) is 13.4. The van der Waals surface area contributed by atoms with Crippen molar-refractivity contribution in [2.45, 2.75) is 13.5 Å². The largest absolute Gasteiger partial charge is 0.487 e. The SMILES string of the molecule is CCOc1ccc(CNCCOC)cc1[N+](=O)[O-]. The highest BCUT2D eigenvalue weighted by Gasteiger charge is 2.15. The van der Waals surface area contributed by atoms with Gasteiger partial charge in [0.05, 0.1) is 18.1 Å². The van der Waals surface area contributed by atoms with Crippen LogP contribution in [-0.4, -0.2) is 31.8 Å². The molecule has 0 unspecified atom stereocenters. The van der Waals surface area contributed by atoms with E-state index >= 15 is 0 Å². The van der Waals surface area contributed by atoms with Gasteiger partial charge < -0.3 is 14.8 Å². The summed E-state index contributed by atoms with van der Waals surface area (Å²) in [6.07, 6.45) is 0. The highest BCUT2D eigenvalue weighted by Crippen LogP contribution is 2.27. The Morgan fingerprint density at radius 2 is 2.22 bits per heavy atom. The fraction of sp³-hybridized carbons (Fsp3) is 0.500. The molecule has 1 N–H and O–H groups in total. The smallest absolute Gasteiger partial charge is 0.311 e. The van der Waals surface area contributed by atoms with E-state index in [1.165, 1.54) is 6.07 Å². The summed E-state index contributed by atoms with van der Waals surface area (Å²) >= 11 is 0. The van der Waals surface area contributed by atoms with Gasteiger partial charge in [-0.2, -0.15) is 0 Å². The number of ether oxygens (including phenoxy) is 2. The molecule has 0 saturated carbocycles. The lowest BCUT2D eigenvalue weighted by Gasteiger charge is -2.07. The first kappa shape index (κ1) is 14.4. The number of methoxy groups -OCH3 is 1. The van der Waals surface area contributed by atoms with Crippen molar-refractivity contribution in [2.24, 2.45) is 0 Å². The average Bonchev–Trinajstić information content (AvgIpc) is 2.36. The molecule has 1 rings (SSSR count). The third kappa shape index (κ3) is 4.31. The lowest BCUT2D eigenvalue weighted by Crippen LogP contribution is -2.18. The first-order valence-corrected chi connectivity index (χ1v) is 5.78. The first-order valence-electron chi connectivity index (χ1n) is 5.78. The number of hydrogen-bond donors (Lipinski definition) is 1. The van der Waals surface area contributed by atoms with Crippen LogP contribution in [0.3, 0.4) is 0 Å². The van der Waals surface area contributed by atoms with Crippen LogP contribution in [0.5, 0.6) is 5.75 Å². The maximum atomic E-state index is 10.9. The predicted octanol–water partition coefficient (Wildman–Crippen LogP) is 1.73. The molecule has 0 amide bonds. The highest BCUT2D eigenvalue weighted by atomic mass is 16.6. The molecule has 0 fully saturated rings. The van der Waals surface area contributed by atoms with Crippen molar-refractivity contribution in [3.8, 4) is 5.75 Å². The summed E-state index contributed by atoms with van der Waals surface area (Å²) in [4.78, 5) is 10.5. The number of hydrogen-bond acceptors (Lipinski definition) is 5. The third-order valence-electron chi connectivity index (χ3n) is 2.33. The van der Waals surface area contributed by atoms with E-state index in [9.17, 15) is 10.1 Å². The molecular formula is C12H18N2O4. The van der Waals surface area contributed by atoms with Crippen LogP contribution >= 0.6 is 0 Å². The zero-order valence-corrected chi connectivity index (χ0v) is 10.6. The second-order valence-electron chi connectivity index (χ2n) is 3.66. The van der Waals surface area contributed by atoms with Crippen LogP contribution in [0.1, 0.15) is 12.5 Å². The summed E-state index contributed by atoms with van der Waals surface area (Å²) in [5, 5.41) is 14.0. The summed E-state index contributed by atoms with van der Waals surface area (Å²) in [5.74, 6) is 0.308. The Labute approximate surface area is 106 Å². The lowest BCUT2D eigenvalue weighted by atomic mass is 10.2. The van der Waals surface area contributed by atoms with Crippen molar-refractivity contribution in [1.29, 1.82) is 0 Å². The van der Waals surface area contributed by atoms with Crippen LogP contribution in [0, 0.1) is 10.1 Å². The fourth-order valence-electron chi connectivity index (χ4n) is 1.50. The lowest BCUT2D eigenvalue weighted by molar-refractivity contribution is -0.385. The molecule has 100 valence electrons. The van der Waals surface area contributed by atoms with E-state index in [2.05, 4.69) is 5.32 Å². The standard InChI is InChI=1S/C12H18N2O4/c1-3-18-12-5-4-10(8-11(12)14(15)16)9-13-6-7-17-2/h4-5,8,13H,3,6-7,9H2,1-2H3. The number of benzene rings is 1. The number of nitrogens with one attached hydrogen (secondary N) is 1. The molecule has 0 aliphatic carbocycles. The Bertz CT molecular complexity index is 396. The van der Waals surface area contributed by atoms with Gasteiger partial charge in [-0.25, -0.2) is 0 Å². The molecule has 0 aromatic heterocycles. The van der Waals surface area contributed by atoms with Gasteiger partial charge >= 0.3 is 5.69 Å². The van der Waals surface area contributed by atoms with Crippen LogP contribution in [0.2, 0.25) is 0 Å². The summed E-state index contributed by atoms with van der Waals surface area (Å²) in [7, 11) is 1.63. The van der Waals surface area contributed by atoms with Gasteiger partial charge in [-0.05, 0) is 18.6 Å². The van der Waals surface area contributed by atoms with Crippen molar-refractivity contribution in [3.63, 3.8) is 0 Å². The zero-order valence-electron chi connectivity index (χ0n) is 10.6. The van der Waals surface area contributed by atoms with E-state index in [0.29, 0.717) is 32.1 Å². The number of rotatable bonds is 8. The van der Waals surface area contributed by atoms with Gasteiger partial charge in [0, 0.05) is 26.3 Å². The Kier molecular flexibility index (Phi) is 6.10. The van der Waals surface area contributed by atoms with E-state index in [1.807, 2.05) is 6.07 Å². The number of nitro benzene ring substituents is 1. The number of nitrogens with zero attached hydrogens (tertiary/aromatic N) is 1. The molecule has 0 saturated heterocycles. The summed E-state index contributed by atoms with van der Waals surface area (Å²) in [5.41, 5.74) is 0.851. The normalized spacial score (nSPS) is 10.3. The minimum absolute atomic E-state index is 0.00268. The van der Waals surface area contributed by atoms with E-state index in [4.69, 9.17) is 9.47 Å². The maximum Gasteiger partial charge on any atom is 0.311 e. The summed E-state index contributed by atoms with van der Waals surface area (Å²) in [6, 6.07) is 4.98. The second kappa shape index (κ2) is 7.62. The quantitative estimate of drug-likeness (QED) is 0.434. The number of nitro groups is 1. The fourth-order valence-corrected chi connectivity index (χ4v) is 1.50. The van der Waals surface area contributed by atoms with Gasteiger partial charge in [0.1, 0.15) is 0 Å².